The Hall–Kier alpha value is -1.72. The lowest BCUT2D eigenvalue weighted by Crippen LogP contribution is -2.25. The van der Waals surface area contributed by atoms with Gasteiger partial charge in [-0.3, -0.25) is 4.72 Å². The van der Waals surface area contributed by atoms with Gasteiger partial charge in [-0.2, -0.15) is 0 Å². The number of hydrogen-bond acceptors (Lipinski definition) is 3. The van der Waals surface area contributed by atoms with Crippen LogP contribution in [0.4, 0.5) is 11.4 Å². The van der Waals surface area contributed by atoms with Crippen LogP contribution in [-0.4, -0.2) is 14.0 Å². The number of hydrogen-bond donors (Lipinski definition) is 2. The van der Waals surface area contributed by atoms with Crippen molar-refractivity contribution in [3.63, 3.8) is 0 Å². The summed E-state index contributed by atoms with van der Waals surface area (Å²) in [5.74, 6) is 0. The zero-order valence-corrected chi connectivity index (χ0v) is 14.3. The molecule has 0 aliphatic rings. The van der Waals surface area contributed by atoms with Gasteiger partial charge in [-0.05, 0) is 69.3 Å². The lowest BCUT2D eigenvalue weighted by Gasteiger charge is -2.22. The number of benzene rings is 2. The molecule has 2 rings (SSSR count). The van der Waals surface area contributed by atoms with Gasteiger partial charge in [0.25, 0.3) is 10.0 Å². The van der Waals surface area contributed by atoms with Gasteiger partial charge in [-0.15, -0.1) is 0 Å². The van der Waals surface area contributed by atoms with Crippen molar-refractivity contribution in [3.8, 4) is 0 Å². The molecule has 0 aliphatic heterocycles. The van der Waals surface area contributed by atoms with E-state index >= 15 is 0 Å². The molecular weight excluding hydrogens is 320 g/mol. The van der Waals surface area contributed by atoms with Crippen molar-refractivity contribution in [1.29, 1.82) is 0 Å². The predicted octanol–water partition coefficient (Wildman–Crippen LogP) is 4.35. The Morgan fingerprint density at radius 2 is 1.36 bits per heavy atom. The summed E-state index contributed by atoms with van der Waals surface area (Å²) < 4.78 is 27.1. The van der Waals surface area contributed by atoms with Crippen LogP contribution in [0, 0.1) is 0 Å². The summed E-state index contributed by atoms with van der Waals surface area (Å²) in [5.41, 5.74) is 1.39. The van der Waals surface area contributed by atoms with Gasteiger partial charge in [-0.1, -0.05) is 11.6 Å². The first-order chi connectivity index (χ1) is 10.2. The van der Waals surface area contributed by atoms with E-state index in [4.69, 9.17) is 11.6 Å². The van der Waals surface area contributed by atoms with Gasteiger partial charge >= 0.3 is 0 Å². The smallest absolute Gasteiger partial charge is 0.261 e. The zero-order valence-electron chi connectivity index (χ0n) is 12.7. The fourth-order valence-electron chi connectivity index (χ4n) is 1.88. The molecule has 0 bridgehead atoms. The minimum Gasteiger partial charge on any atom is -0.380 e. The van der Waals surface area contributed by atoms with Crippen LogP contribution in [0.3, 0.4) is 0 Å². The molecule has 0 radical (unpaired) electrons. The number of sulfonamides is 1. The third kappa shape index (κ3) is 4.64. The Labute approximate surface area is 136 Å². The van der Waals surface area contributed by atoms with Crippen molar-refractivity contribution in [2.45, 2.75) is 31.2 Å². The van der Waals surface area contributed by atoms with Gasteiger partial charge in [0, 0.05) is 21.9 Å². The molecule has 0 saturated carbocycles. The highest BCUT2D eigenvalue weighted by Crippen LogP contribution is 2.21. The second-order valence-electron chi connectivity index (χ2n) is 6.01. The number of anilines is 2. The fraction of sp³-hybridized carbons (Fsp3) is 0.250. The van der Waals surface area contributed by atoms with E-state index < -0.39 is 10.0 Å². The maximum atomic E-state index is 12.3. The van der Waals surface area contributed by atoms with Gasteiger partial charge in [0.15, 0.2) is 0 Å². The monoisotopic (exact) mass is 338 g/mol. The van der Waals surface area contributed by atoms with E-state index in [1.807, 2.05) is 12.1 Å². The Balaban J connectivity index is 2.14. The second-order valence-corrected chi connectivity index (χ2v) is 8.13. The summed E-state index contributed by atoms with van der Waals surface area (Å²) >= 11 is 5.77. The van der Waals surface area contributed by atoms with Crippen molar-refractivity contribution in [3.05, 3.63) is 53.6 Å². The normalized spacial score (nSPS) is 12.0. The molecular formula is C16H19ClN2O2S. The van der Waals surface area contributed by atoms with Gasteiger partial charge in [-0.25, -0.2) is 8.42 Å². The molecule has 6 heteroatoms. The molecule has 0 aliphatic carbocycles. The molecule has 0 unspecified atom stereocenters. The lowest BCUT2D eigenvalue weighted by atomic mass is 10.1. The van der Waals surface area contributed by atoms with Crippen LogP contribution >= 0.6 is 11.6 Å². The van der Waals surface area contributed by atoms with Crippen LogP contribution in [0.1, 0.15) is 20.8 Å². The highest BCUT2D eigenvalue weighted by molar-refractivity contribution is 7.92. The standard InChI is InChI=1S/C16H19ClN2O2S/c1-16(2,3)18-13-6-8-14(9-7-13)19-22(20,21)15-10-4-12(17)5-11-15/h4-11,18-19H,1-3H3. The number of halogens is 1. The third-order valence-corrected chi connectivity index (χ3v) is 4.43. The zero-order chi connectivity index (χ0) is 16.4. The largest absolute Gasteiger partial charge is 0.380 e. The summed E-state index contributed by atoms with van der Waals surface area (Å²) in [6.07, 6.45) is 0. The van der Waals surface area contributed by atoms with Crippen molar-refractivity contribution in [1.82, 2.24) is 0 Å². The maximum absolute atomic E-state index is 12.3. The van der Waals surface area contributed by atoms with E-state index in [0.717, 1.165) is 5.69 Å². The molecule has 0 spiro atoms. The van der Waals surface area contributed by atoms with Crippen LogP contribution in [-0.2, 0) is 10.0 Å². The van der Waals surface area contributed by atoms with Crippen molar-refractivity contribution in [2.75, 3.05) is 10.0 Å². The lowest BCUT2D eigenvalue weighted by molar-refractivity contribution is 0.601. The van der Waals surface area contributed by atoms with Gasteiger partial charge in [0.1, 0.15) is 0 Å². The average Bonchev–Trinajstić information content (AvgIpc) is 2.39. The predicted molar refractivity (Wildman–Crippen MR) is 92.1 cm³/mol. The molecule has 0 heterocycles. The van der Waals surface area contributed by atoms with Crippen LogP contribution in [0.25, 0.3) is 0 Å². The van der Waals surface area contributed by atoms with Crippen molar-refractivity contribution in [2.24, 2.45) is 0 Å². The number of rotatable bonds is 4. The minimum absolute atomic E-state index is 0.0513. The molecule has 0 fully saturated rings. The molecule has 2 aromatic rings. The van der Waals surface area contributed by atoms with Crippen LogP contribution in [0.2, 0.25) is 5.02 Å². The van der Waals surface area contributed by atoms with Gasteiger partial charge < -0.3 is 5.32 Å². The molecule has 2 N–H and O–H groups in total. The first kappa shape index (κ1) is 16.6. The molecule has 2 aromatic carbocycles. The Morgan fingerprint density at radius 1 is 0.864 bits per heavy atom. The van der Waals surface area contributed by atoms with Gasteiger partial charge in [0.05, 0.1) is 4.90 Å². The highest BCUT2D eigenvalue weighted by Gasteiger charge is 2.14. The molecule has 0 saturated heterocycles. The Kier molecular flexibility index (Phi) is 4.68. The molecule has 0 amide bonds. The second kappa shape index (κ2) is 6.18. The van der Waals surface area contributed by atoms with E-state index in [1.54, 1.807) is 24.3 Å². The summed E-state index contributed by atoms with van der Waals surface area (Å²) in [5, 5.41) is 3.81. The first-order valence-electron chi connectivity index (χ1n) is 6.82. The molecule has 118 valence electrons. The summed E-state index contributed by atoms with van der Waals surface area (Å²) in [7, 11) is -3.61. The van der Waals surface area contributed by atoms with Crippen molar-refractivity contribution < 1.29 is 8.42 Å². The fourth-order valence-corrected chi connectivity index (χ4v) is 3.07. The molecule has 22 heavy (non-hydrogen) atoms. The quantitative estimate of drug-likeness (QED) is 0.871. The molecule has 4 nitrogen and oxygen atoms in total. The summed E-state index contributed by atoms with van der Waals surface area (Å²) in [6, 6.07) is 13.2. The van der Waals surface area contributed by atoms with E-state index in [2.05, 4.69) is 30.8 Å². The summed E-state index contributed by atoms with van der Waals surface area (Å²) in [4.78, 5) is 0.175. The topological polar surface area (TPSA) is 58.2 Å². The summed E-state index contributed by atoms with van der Waals surface area (Å²) in [6.45, 7) is 6.18. The first-order valence-corrected chi connectivity index (χ1v) is 8.68. The minimum atomic E-state index is -3.61. The third-order valence-electron chi connectivity index (χ3n) is 2.78. The molecule has 0 atom stereocenters. The van der Waals surface area contributed by atoms with E-state index in [0.29, 0.717) is 10.7 Å². The average molecular weight is 339 g/mol. The SMILES string of the molecule is CC(C)(C)Nc1ccc(NS(=O)(=O)c2ccc(Cl)cc2)cc1. The van der Waals surface area contributed by atoms with Gasteiger partial charge in [0.2, 0.25) is 0 Å². The van der Waals surface area contributed by atoms with E-state index in [9.17, 15) is 8.42 Å². The maximum Gasteiger partial charge on any atom is 0.261 e. The van der Waals surface area contributed by atoms with Crippen LogP contribution in [0.5, 0.6) is 0 Å². The van der Waals surface area contributed by atoms with E-state index in [-0.39, 0.29) is 10.4 Å². The Bertz CT molecular complexity index is 733. The molecule has 0 aromatic heterocycles. The Morgan fingerprint density at radius 3 is 1.86 bits per heavy atom. The number of nitrogens with one attached hydrogen (secondary N) is 2. The van der Waals surface area contributed by atoms with Crippen molar-refractivity contribution >= 4 is 33.0 Å². The van der Waals surface area contributed by atoms with E-state index in [1.165, 1.54) is 12.1 Å². The highest BCUT2D eigenvalue weighted by atomic mass is 35.5. The van der Waals surface area contributed by atoms with Crippen LogP contribution < -0.4 is 10.0 Å². The van der Waals surface area contributed by atoms with Crippen LogP contribution in [0.15, 0.2) is 53.4 Å².